The van der Waals surface area contributed by atoms with Crippen LogP contribution in [0, 0.1) is 0 Å². The minimum Gasteiger partial charge on any atom is -0.480 e. The lowest BCUT2D eigenvalue weighted by atomic mass is 10.2. The number of amides is 1. The summed E-state index contributed by atoms with van der Waals surface area (Å²) in [6.45, 7) is -0.868. The Morgan fingerprint density at radius 1 is 1.44 bits per heavy atom. The number of carboxylic acid groups (broad SMARTS) is 1. The summed E-state index contributed by atoms with van der Waals surface area (Å²) in [4.78, 5) is 22.1. The Bertz CT molecular complexity index is 266. The first-order valence-electron chi connectivity index (χ1n) is 5.34. The third-order valence-corrected chi connectivity index (χ3v) is 2.61. The smallest absolute Gasteiger partial charge is 0.326 e. The van der Waals surface area contributed by atoms with E-state index in [-0.39, 0.29) is 13.0 Å². The number of carbonyl (C=O) groups is 2. The van der Waals surface area contributed by atoms with E-state index in [1.165, 1.54) is 11.8 Å². The molecule has 0 fully saturated rings. The van der Waals surface area contributed by atoms with Gasteiger partial charge in [0.2, 0.25) is 5.91 Å². The summed E-state index contributed by atoms with van der Waals surface area (Å²) in [6.07, 6.45) is -0.546. The first-order chi connectivity index (χ1) is 8.47. The average molecular weight is 285 g/mol. The molecule has 0 bridgehead atoms. The largest absolute Gasteiger partial charge is 0.480 e. The minimum atomic E-state index is -2.57. The van der Waals surface area contributed by atoms with Crippen molar-refractivity contribution in [3.8, 4) is 0 Å². The third kappa shape index (κ3) is 9.17. The number of carbonyl (C=O) groups excluding carboxylic acids is 1. The zero-order chi connectivity index (χ0) is 14.0. The molecule has 18 heavy (non-hydrogen) atoms. The van der Waals surface area contributed by atoms with E-state index in [4.69, 9.17) is 5.11 Å². The average Bonchev–Trinajstić information content (AvgIpc) is 2.29. The lowest BCUT2D eigenvalue weighted by Crippen LogP contribution is -2.41. The van der Waals surface area contributed by atoms with E-state index in [1.807, 2.05) is 6.26 Å². The van der Waals surface area contributed by atoms with Gasteiger partial charge in [0.1, 0.15) is 12.6 Å². The molecule has 0 aliphatic heterocycles. The molecule has 0 saturated carbocycles. The van der Waals surface area contributed by atoms with Crippen LogP contribution in [0.2, 0.25) is 0 Å². The summed E-state index contributed by atoms with van der Waals surface area (Å²) in [5.74, 6) is -1.01. The van der Waals surface area contributed by atoms with Crippen LogP contribution in [-0.4, -0.2) is 54.7 Å². The number of ether oxygens (including phenoxy) is 1. The van der Waals surface area contributed by atoms with Crippen LogP contribution >= 0.6 is 11.8 Å². The van der Waals surface area contributed by atoms with Crippen LogP contribution in [0.1, 0.15) is 12.8 Å². The van der Waals surface area contributed by atoms with Crippen molar-refractivity contribution in [2.24, 2.45) is 0 Å². The molecule has 0 heterocycles. The van der Waals surface area contributed by atoms with E-state index >= 15 is 0 Å². The summed E-state index contributed by atoms with van der Waals surface area (Å²) < 4.78 is 27.9. The summed E-state index contributed by atoms with van der Waals surface area (Å²) >= 11 is 1.48. The van der Waals surface area contributed by atoms with Gasteiger partial charge in [0, 0.05) is 6.42 Å². The number of nitrogens with one attached hydrogen (secondary N) is 1. The van der Waals surface area contributed by atoms with Crippen molar-refractivity contribution in [1.82, 2.24) is 5.32 Å². The van der Waals surface area contributed by atoms with Crippen molar-refractivity contribution >= 4 is 23.6 Å². The van der Waals surface area contributed by atoms with Gasteiger partial charge in [-0.2, -0.15) is 11.8 Å². The lowest BCUT2D eigenvalue weighted by Gasteiger charge is -2.13. The van der Waals surface area contributed by atoms with Crippen LogP contribution in [-0.2, 0) is 14.3 Å². The Morgan fingerprint density at radius 3 is 2.61 bits per heavy atom. The molecule has 8 heteroatoms. The van der Waals surface area contributed by atoms with Crippen molar-refractivity contribution in [3.63, 3.8) is 0 Å². The first kappa shape index (κ1) is 17.1. The molecule has 1 atom stereocenters. The monoisotopic (exact) mass is 285 g/mol. The molecule has 106 valence electrons. The van der Waals surface area contributed by atoms with E-state index in [9.17, 15) is 18.4 Å². The van der Waals surface area contributed by atoms with Gasteiger partial charge in [0.05, 0.1) is 6.61 Å². The van der Waals surface area contributed by atoms with Gasteiger partial charge < -0.3 is 15.2 Å². The van der Waals surface area contributed by atoms with Crippen LogP contribution in [0.3, 0.4) is 0 Å². The minimum absolute atomic E-state index is 0.129. The summed E-state index contributed by atoms with van der Waals surface area (Å²) in [5.41, 5.74) is 0. The van der Waals surface area contributed by atoms with Crippen LogP contribution < -0.4 is 5.32 Å². The second-order valence-corrected chi connectivity index (χ2v) is 4.44. The van der Waals surface area contributed by atoms with Crippen molar-refractivity contribution in [1.29, 1.82) is 0 Å². The standard InChI is InChI=1S/C10H17F2NO4S/c1-18-5-3-7(10(15)16)13-9(14)2-4-17-6-8(11)12/h7-8H,2-6H2,1H3,(H,13,14)(H,15,16). The topological polar surface area (TPSA) is 75.6 Å². The lowest BCUT2D eigenvalue weighted by molar-refractivity contribution is -0.142. The molecule has 0 aliphatic carbocycles. The molecule has 0 spiro atoms. The van der Waals surface area contributed by atoms with E-state index in [1.54, 1.807) is 0 Å². The quantitative estimate of drug-likeness (QED) is 0.585. The highest BCUT2D eigenvalue weighted by atomic mass is 32.2. The Balaban J connectivity index is 3.84. The predicted molar refractivity (Wildman–Crippen MR) is 64.0 cm³/mol. The highest BCUT2D eigenvalue weighted by Crippen LogP contribution is 2.01. The molecule has 0 aromatic heterocycles. The third-order valence-electron chi connectivity index (χ3n) is 1.96. The van der Waals surface area contributed by atoms with Gasteiger partial charge in [-0.15, -0.1) is 0 Å². The predicted octanol–water partition coefficient (Wildman–Crippen LogP) is 0.981. The van der Waals surface area contributed by atoms with Crippen LogP contribution in [0.5, 0.6) is 0 Å². The summed E-state index contributed by atoms with van der Waals surface area (Å²) in [7, 11) is 0. The van der Waals surface area contributed by atoms with Gasteiger partial charge >= 0.3 is 5.97 Å². The van der Waals surface area contributed by atoms with E-state index in [0.717, 1.165) is 0 Å². The maximum absolute atomic E-state index is 11.7. The molecule has 0 rings (SSSR count). The van der Waals surface area contributed by atoms with Crippen LogP contribution in [0.4, 0.5) is 8.78 Å². The second kappa shape index (κ2) is 10.1. The molecule has 0 aromatic rings. The molecular formula is C10H17F2NO4S. The zero-order valence-electron chi connectivity index (χ0n) is 10.0. The zero-order valence-corrected chi connectivity index (χ0v) is 10.8. The molecule has 0 saturated heterocycles. The fourth-order valence-corrected chi connectivity index (χ4v) is 1.57. The first-order valence-corrected chi connectivity index (χ1v) is 6.73. The molecular weight excluding hydrogens is 268 g/mol. The number of hydrogen-bond donors (Lipinski definition) is 2. The Kier molecular flexibility index (Phi) is 9.57. The fraction of sp³-hybridized carbons (Fsp3) is 0.800. The fourth-order valence-electron chi connectivity index (χ4n) is 1.10. The number of alkyl halides is 2. The number of rotatable bonds is 10. The van der Waals surface area contributed by atoms with Crippen molar-refractivity contribution < 1.29 is 28.2 Å². The van der Waals surface area contributed by atoms with Crippen LogP contribution in [0.25, 0.3) is 0 Å². The molecule has 0 aliphatic rings. The molecule has 1 amide bonds. The number of thioether (sulfide) groups is 1. The Morgan fingerprint density at radius 2 is 2.11 bits per heavy atom. The van der Waals surface area contributed by atoms with Gasteiger partial charge in [-0.3, -0.25) is 4.79 Å². The molecule has 5 nitrogen and oxygen atoms in total. The number of carboxylic acids is 1. The van der Waals surface area contributed by atoms with Crippen molar-refractivity contribution in [2.45, 2.75) is 25.3 Å². The van der Waals surface area contributed by atoms with E-state index in [0.29, 0.717) is 12.2 Å². The normalized spacial score (nSPS) is 12.4. The van der Waals surface area contributed by atoms with E-state index < -0.39 is 31.0 Å². The second-order valence-electron chi connectivity index (χ2n) is 3.46. The van der Waals surface area contributed by atoms with Crippen molar-refractivity contribution in [3.05, 3.63) is 0 Å². The molecule has 0 aromatic carbocycles. The number of halogens is 2. The van der Waals surface area contributed by atoms with Gasteiger partial charge in [-0.25, -0.2) is 13.6 Å². The maximum Gasteiger partial charge on any atom is 0.326 e. The molecule has 2 N–H and O–H groups in total. The van der Waals surface area contributed by atoms with Gasteiger partial charge in [-0.05, 0) is 18.4 Å². The summed E-state index contributed by atoms with van der Waals surface area (Å²) in [6, 6.07) is -0.944. The van der Waals surface area contributed by atoms with Gasteiger partial charge in [-0.1, -0.05) is 0 Å². The molecule has 0 radical (unpaired) electrons. The van der Waals surface area contributed by atoms with Gasteiger partial charge in [0.15, 0.2) is 0 Å². The van der Waals surface area contributed by atoms with Gasteiger partial charge in [0.25, 0.3) is 6.43 Å². The van der Waals surface area contributed by atoms with Crippen LogP contribution in [0.15, 0.2) is 0 Å². The van der Waals surface area contributed by atoms with Crippen molar-refractivity contribution in [2.75, 3.05) is 25.2 Å². The maximum atomic E-state index is 11.7. The highest BCUT2D eigenvalue weighted by molar-refractivity contribution is 7.98. The Labute approximate surface area is 108 Å². The van der Waals surface area contributed by atoms with E-state index in [2.05, 4.69) is 10.1 Å². The SMILES string of the molecule is CSCCC(NC(=O)CCOCC(F)F)C(=O)O. The number of aliphatic carboxylic acids is 1. The molecule has 1 unspecified atom stereocenters. The highest BCUT2D eigenvalue weighted by Gasteiger charge is 2.19. The number of hydrogen-bond acceptors (Lipinski definition) is 4. The summed E-state index contributed by atoms with van der Waals surface area (Å²) in [5, 5.41) is 11.2. The Hall–Kier alpha value is -0.890.